The zero-order chi connectivity index (χ0) is 24.7. The van der Waals surface area contributed by atoms with E-state index in [-0.39, 0.29) is 24.5 Å². The molecule has 1 spiro atoms. The number of nitrogens with one attached hydrogen (secondary N) is 2. The minimum Gasteiger partial charge on any atom is -0.427 e. The van der Waals surface area contributed by atoms with Gasteiger partial charge in [0.15, 0.2) is 0 Å². The molecule has 2 aliphatic heterocycles. The summed E-state index contributed by atoms with van der Waals surface area (Å²) in [5.74, 6) is -0.771. The second kappa shape index (κ2) is 8.72. The van der Waals surface area contributed by atoms with Crippen molar-refractivity contribution in [1.29, 1.82) is 0 Å². The molecule has 3 aliphatic rings. The molecule has 2 atom stereocenters. The van der Waals surface area contributed by atoms with Crippen molar-refractivity contribution in [1.82, 2.24) is 15.1 Å². The van der Waals surface area contributed by atoms with Crippen LogP contribution >= 0.6 is 0 Å². The zero-order valence-corrected chi connectivity index (χ0v) is 19.8. The van der Waals surface area contributed by atoms with Crippen molar-refractivity contribution >= 4 is 29.6 Å². The Hall–Kier alpha value is -3.88. The van der Waals surface area contributed by atoms with Crippen LogP contribution in [0.4, 0.5) is 15.3 Å². The number of hydrogen-bond donors (Lipinski definition) is 2. The first-order valence-electron chi connectivity index (χ1n) is 11.9. The number of carbonyl (C=O) groups is 4. The van der Waals surface area contributed by atoms with Gasteiger partial charge in [0.05, 0.1) is 6.04 Å². The van der Waals surface area contributed by atoms with Crippen LogP contribution in [0.25, 0.3) is 0 Å². The Morgan fingerprint density at radius 3 is 2.77 bits per heavy atom. The monoisotopic (exact) mass is 476 g/mol. The molecule has 9 heteroatoms. The van der Waals surface area contributed by atoms with E-state index in [4.69, 9.17) is 4.74 Å². The highest BCUT2D eigenvalue weighted by Gasteiger charge is 2.58. The predicted octanol–water partition coefficient (Wildman–Crippen LogP) is 3.23. The molecule has 1 aliphatic carbocycles. The number of urea groups is 1. The molecule has 182 valence electrons. The molecule has 2 heterocycles. The zero-order valence-electron chi connectivity index (χ0n) is 19.8. The van der Waals surface area contributed by atoms with Crippen molar-refractivity contribution in [2.45, 2.75) is 44.2 Å². The molecule has 1 unspecified atom stereocenters. The van der Waals surface area contributed by atoms with Crippen LogP contribution in [-0.2, 0) is 26.3 Å². The third kappa shape index (κ3) is 3.90. The first-order chi connectivity index (χ1) is 16.8. The van der Waals surface area contributed by atoms with Crippen molar-refractivity contribution in [2.75, 3.05) is 25.5 Å². The number of ether oxygens (including phenoxy) is 1. The summed E-state index contributed by atoms with van der Waals surface area (Å²) in [4.78, 5) is 53.9. The Labute approximate surface area is 203 Å². The normalized spacial score (nSPS) is 23.0. The van der Waals surface area contributed by atoms with Crippen molar-refractivity contribution in [3.05, 3.63) is 64.7 Å². The summed E-state index contributed by atoms with van der Waals surface area (Å²) in [6.45, 7) is 2.26. The topological polar surface area (TPSA) is 108 Å². The van der Waals surface area contributed by atoms with E-state index in [1.165, 1.54) is 7.05 Å². The first-order valence-corrected chi connectivity index (χ1v) is 11.9. The summed E-state index contributed by atoms with van der Waals surface area (Å²) in [5, 5.41) is 5.19. The van der Waals surface area contributed by atoms with Crippen LogP contribution in [0.5, 0.6) is 0 Å². The molecule has 2 saturated heterocycles. The number of amides is 5. The van der Waals surface area contributed by atoms with E-state index in [1.807, 2.05) is 25.1 Å². The maximum Gasteiger partial charge on any atom is 0.418 e. The van der Waals surface area contributed by atoms with Gasteiger partial charge in [-0.15, -0.1) is 0 Å². The van der Waals surface area contributed by atoms with E-state index in [0.717, 1.165) is 34.4 Å². The molecule has 0 aromatic heterocycles. The summed E-state index contributed by atoms with van der Waals surface area (Å²) in [6, 6.07) is 12.8. The van der Waals surface area contributed by atoms with Crippen LogP contribution in [0.1, 0.15) is 47.6 Å². The average Bonchev–Trinajstić information content (AvgIpc) is 3.53. The van der Waals surface area contributed by atoms with E-state index < -0.39 is 17.6 Å². The Bertz CT molecular complexity index is 1230. The highest BCUT2D eigenvalue weighted by molar-refractivity contribution is 6.06. The van der Waals surface area contributed by atoms with E-state index in [1.54, 1.807) is 23.1 Å². The molecule has 2 aromatic carbocycles. The average molecular weight is 477 g/mol. The predicted molar refractivity (Wildman–Crippen MR) is 128 cm³/mol. The van der Waals surface area contributed by atoms with Crippen molar-refractivity contribution in [2.24, 2.45) is 0 Å². The van der Waals surface area contributed by atoms with Crippen molar-refractivity contribution < 1.29 is 23.9 Å². The van der Waals surface area contributed by atoms with E-state index in [9.17, 15) is 19.2 Å². The quantitative estimate of drug-likeness (QED) is 0.705. The standard InChI is InChI=1S/C26H28N4O5/c1-16-5-3-6-18(13-16)21-7-4-12-29(21)22(31)15-30-23(32)26(35-25(30)34)11-10-17-14-19(8-9-20(17)26)28-24(33)27-2/h3,5-6,8-9,13-14,21H,4,7,10-12,15H2,1-2H3,(H2,27,28,33)/t21?,26-/m1/s1. The molecular weight excluding hydrogens is 448 g/mol. The molecule has 2 N–H and O–H groups in total. The largest absolute Gasteiger partial charge is 0.427 e. The third-order valence-electron chi connectivity index (χ3n) is 7.14. The molecule has 5 amide bonds. The van der Waals surface area contributed by atoms with Gasteiger partial charge in [-0.25, -0.2) is 14.5 Å². The number of likely N-dealkylation sites (tertiary alicyclic amines) is 1. The van der Waals surface area contributed by atoms with Gasteiger partial charge in [0.2, 0.25) is 11.5 Å². The van der Waals surface area contributed by atoms with Gasteiger partial charge in [-0.2, -0.15) is 0 Å². The maximum absolute atomic E-state index is 13.5. The number of aryl methyl sites for hydroxylation is 2. The van der Waals surface area contributed by atoms with Gasteiger partial charge >= 0.3 is 12.1 Å². The van der Waals surface area contributed by atoms with Crippen LogP contribution in [0.2, 0.25) is 0 Å². The number of anilines is 1. The summed E-state index contributed by atoms with van der Waals surface area (Å²) in [7, 11) is 1.52. The second-order valence-electron chi connectivity index (χ2n) is 9.32. The summed E-state index contributed by atoms with van der Waals surface area (Å²) in [6.07, 6.45) is 1.73. The van der Waals surface area contributed by atoms with Crippen LogP contribution in [-0.4, -0.2) is 53.9 Å². The molecule has 0 bridgehead atoms. The number of carbonyl (C=O) groups excluding carboxylic acids is 4. The molecule has 0 saturated carbocycles. The van der Waals surface area contributed by atoms with Gasteiger partial charge in [0, 0.05) is 31.3 Å². The lowest BCUT2D eigenvalue weighted by Crippen LogP contribution is -2.44. The van der Waals surface area contributed by atoms with E-state index in [2.05, 4.69) is 16.7 Å². The fourth-order valence-corrected chi connectivity index (χ4v) is 5.44. The minimum atomic E-state index is -1.42. The summed E-state index contributed by atoms with van der Waals surface area (Å²) < 4.78 is 5.66. The number of hydrogen-bond acceptors (Lipinski definition) is 5. The van der Waals surface area contributed by atoms with E-state index >= 15 is 0 Å². The minimum absolute atomic E-state index is 0.0662. The first kappa shape index (κ1) is 22.9. The molecule has 9 nitrogen and oxygen atoms in total. The van der Waals surface area contributed by atoms with E-state index in [0.29, 0.717) is 30.6 Å². The van der Waals surface area contributed by atoms with Gasteiger partial charge in [0.25, 0.3) is 5.91 Å². The third-order valence-corrected chi connectivity index (χ3v) is 7.14. The maximum atomic E-state index is 13.5. The molecule has 5 rings (SSSR count). The Balaban J connectivity index is 1.34. The molecule has 0 radical (unpaired) electrons. The van der Waals surface area contributed by atoms with Crippen LogP contribution in [0.15, 0.2) is 42.5 Å². The van der Waals surface area contributed by atoms with Crippen LogP contribution in [0, 0.1) is 6.92 Å². The number of fused-ring (bicyclic) bond motifs is 2. The SMILES string of the molecule is CNC(=O)Nc1ccc2c(c1)CC[C@@]21OC(=O)N(CC(=O)N2CCCC2c2cccc(C)c2)C1=O. The lowest BCUT2D eigenvalue weighted by molar-refractivity contribution is -0.142. The van der Waals surface area contributed by atoms with Gasteiger partial charge in [-0.3, -0.25) is 9.59 Å². The number of benzene rings is 2. The molecule has 2 aromatic rings. The number of nitrogens with zero attached hydrogens (tertiary/aromatic N) is 2. The van der Waals surface area contributed by atoms with Crippen LogP contribution < -0.4 is 10.6 Å². The second-order valence-corrected chi connectivity index (χ2v) is 9.32. The lowest BCUT2D eigenvalue weighted by atomic mass is 9.94. The van der Waals surface area contributed by atoms with Gasteiger partial charge in [-0.05, 0) is 49.4 Å². The van der Waals surface area contributed by atoms with Gasteiger partial charge in [-0.1, -0.05) is 35.9 Å². The molecular formula is C26H28N4O5. The molecule has 35 heavy (non-hydrogen) atoms. The van der Waals surface area contributed by atoms with Gasteiger partial charge < -0.3 is 20.3 Å². The smallest absolute Gasteiger partial charge is 0.418 e. The Kier molecular flexibility index (Phi) is 5.70. The lowest BCUT2D eigenvalue weighted by Gasteiger charge is -2.27. The fourth-order valence-electron chi connectivity index (χ4n) is 5.44. The van der Waals surface area contributed by atoms with Gasteiger partial charge in [0.1, 0.15) is 6.54 Å². The van der Waals surface area contributed by atoms with Crippen LogP contribution in [0.3, 0.4) is 0 Å². The van der Waals surface area contributed by atoms with Crippen molar-refractivity contribution in [3.63, 3.8) is 0 Å². The fraction of sp³-hybridized carbons (Fsp3) is 0.385. The summed E-state index contributed by atoms with van der Waals surface area (Å²) in [5.41, 5.74) is 2.78. The number of rotatable bonds is 4. The Morgan fingerprint density at radius 2 is 2.00 bits per heavy atom. The summed E-state index contributed by atoms with van der Waals surface area (Å²) >= 11 is 0. The molecule has 2 fully saturated rings. The van der Waals surface area contributed by atoms with Crippen molar-refractivity contribution in [3.8, 4) is 0 Å². The number of imide groups is 1. The highest BCUT2D eigenvalue weighted by Crippen LogP contribution is 2.46. The highest BCUT2D eigenvalue weighted by atomic mass is 16.6. The Morgan fingerprint density at radius 1 is 1.17 bits per heavy atom.